The van der Waals surface area contributed by atoms with E-state index in [2.05, 4.69) is 20.9 Å². The maximum atomic E-state index is 11.0. The maximum Gasteiger partial charge on any atom is 0.217 e. The summed E-state index contributed by atoms with van der Waals surface area (Å²) >= 11 is 0. The zero-order valence-electron chi connectivity index (χ0n) is 9.81. The average Bonchev–Trinajstić information content (AvgIpc) is 3.07. The molecule has 1 amide bonds. The number of carbonyl (C=O) groups excluding carboxylic acids is 1. The van der Waals surface area contributed by atoms with Crippen molar-refractivity contribution in [2.24, 2.45) is 0 Å². The molecule has 4 heteroatoms. The van der Waals surface area contributed by atoms with Crippen molar-refractivity contribution in [1.82, 2.24) is 14.9 Å². The Morgan fingerprint density at radius 1 is 1.47 bits per heavy atom. The Balaban J connectivity index is 2.03. The topological polar surface area (TPSA) is 46.9 Å². The molecule has 2 aromatic rings. The van der Waals surface area contributed by atoms with Crippen molar-refractivity contribution in [1.29, 1.82) is 0 Å². The fourth-order valence-electron chi connectivity index (χ4n) is 2.16. The number of nitrogens with one attached hydrogen (secondary N) is 1. The molecule has 0 spiro atoms. The first-order chi connectivity index (χ1) is 8.25. The molecule has 1 aromatic heterocycles. The van der Waals surface area contributed by atoms with Crippen LogP contribution in [-0.2, 0) is 11.3 Å². The van der Waals surface area contributed by atoms with Gasteiger partial charge in [-0.3, -0.25) is 4.79 Å². The van der Waals surface area contributed by atoms with Crippen molar-refractivity contribution >= 4 is 16.9 Å². The first-order valence-corrected chi connectivity index (χ1v) is 5.96. The number of carbonyl (C=O) groups is 1. The lowest BCUT2D eigenvalue weighted by Gasteiger charge is -2.07. The summed E-state index contributed by atoms with van der Waals surface area (Å²) in [4.78, 5) is 15.6. The van der Waals surface area contributed by atoms with E-state index in [1.165, 1.54) is 25.3 Å². The van der Waals surface area contributed by atoms with E-state index in [0.717, 1.165) is 11.3 Å². The number of imidazole rings is 1. The SMILES string of the molecule is CC(=O)NCc1nc2ccccc2n1C1CC1. The zero-order valence-corrected chi connectivity index (χ0v) is 9.81. The molecular weight excluding hydrogens is 214 g/mol. The first-order valence-electron chi connectivity index (χ1n) is 5.96. The van der Waals surface area contributed by atoms with Crippen LogP contribution in [0.1, 0.15) is 31.6 Å². The Kier molecular flexibility index (Phi) is 2.35. The van der Waals surface area contributed by atoms with Crippen molar-refractivity contribution in [2.75, 3.05) is 0 Å². The molecule has 1 aromatic carbocycles. The Morgan fingerprint density at radius 2 is 2.24 bits per heavy atom. The molecule has 17 heavy (non-hydrogen) atoms. The van der Waals surface area contributed by atoms with Gasteiger partial charge in [0.2, 0.25) is 5.91 Å². The second-order valence-electron chi connectivity index (χ2n) is 4.53. The van der Waals surface area contributed by atoms with E-state index in [1.54, 1.807) is 0 Å². The van der Waals surface area contributed by atoms with Gasteiger partial charge in [0.25, 0.3) is 0 Å². The summed E-state index contributed by atoms with van der Waals surface area (Å²) in [6.07, 6.45) is 2.43. The minimum Gasteiger partial charge on any atom is -0.349 e. The number of aromatic nitrogens is 2. The number of hydrogen-bond donors (Lipinski definition) is 1. The van der Waals surface area contributed by atoms with Crippen LogP contribution in [0.5, 0.6) is 0 Å². The van der Waals surface area contributed by atoms with Crippen LogP contribution in [0.4, 0.5) is 0 Å². The van der Waals surface area contributed by atoms with Gasteiger partial charge in [-0.25, -0.2) is 4.98 Å². The monoisotopic (exact) mass is 229 g/mol. The molecule has 1 aliphatic rings. The Bertz CT molecular complexity index is 569. The highest BCUT2D eigenvalue weighted by atomic mass is 16.1. The second-order valence-corrected chi connectivity index (χ2v) is 4.53. The van der Waals surface area contributed by atoms with Crippen LogP contribution in [0.25, 0.3) is 11.0 Å². The van der Waals surface area contributed by atoms with E-state index in [9.17, 15) is 4.79 Å². The molecule has 1 aliphatic carbocycles. The predicted octanol–water partition coefficient (Wildman–Crippen LogP) is 2.01. The van der Waals surface area contributed by atoms with E-state index in [0.29, 0.717) is 12.6 Å². The molecule has 4 nitrogen and oxygen atoms in total. The molecule has 0 unspecified atom stereocenters. The molecule has 0 aliphatic heterocycles. The van der Waals surface area contributed by atoms with E-state index in [-0.39, 0.29) is 5.91 Å². The van der Waals surface area contributed by atoms with Crippen LogP contribution in [0.2, 0.25) is 0 Å². The molecule has 1 N–H and O–H groups in total. The van der Waals surface area contributed by atoms with Crippen LogP contribution in [0.3, 0.4) is 0 Å². The van der Waals surface area contributed by atoms with Gasteiger partial charge in [0, 0.05) is 13.0 Å². The quantitative estimate of drug-likeness (QED) is 0.875. The highest BCUT2D eigenvalue weighted by Gasteiger charge is 2.27. The fraction of sp³-hybridized carbons (Fsp3) is 0.385. The van der Waals surface area contributed by atoms with Crippen LogP contribution >= 0.6 is 0 Å². The Labute approximate surface area is 99.6 Å². The van der Waals surface area contributed by atoms with Gasteiger partial charge in [-0.15, -0.1) is 0 Å². The number of rotatable bonds is 3. The van der Waals surface area contributed by atoms with Gasteiger partial charge >= 0.3 is 0 Å². The minimum absolute atomic E-state index is 0.0144. The van der Waals surface area contributed by atoms with Crippen LogP contribution in [0.15, 0.2) is 24.3 Å². The summed E-state index contributed by atoms with van der Waals surface area (Å²) in [6.45, 7) is 2.05. The van der Waals surface area contributed by atoms with E-state index in [1.807, 2.05) is 18.2 Å². The smallest absolute Gasteiger partial charge is 0.217 e. The van der Waals surface area contributed by atoms with Gasteiger partial charge in [0.15, 0.2) is 0 Å². The van der Waals surface area contributed by atoms with Crippen LogP contribution in [-0.4, -0.2) is 15.5 Å². The zero-order chi connectivity index (χ0) is 11.8. The summed E-state index contributed by atoms with van der Waals surface area (Å²) in [5.41, 5.74) is 2.19. The molecule has 0 radical (unpaired) electrons. The average molecular weight is 229 g/mol. The molecule has 0 saturated heterocycles. The lowest BCUT2D eigenvalue weighted by Crippen LogP contribution is -2.21. The van der Waals surface area contributed by atoms with E-state index in [4.69, 9.17) is 0 Å². The van der Waals surface area contributed by atoms with Crippen molar-refractivity contribution < 1.29 is 4.79 Å². The van der Waals surface area contributed by atoms with E-state index < -0.39 is 0 Å². The second kappa shape index (κ2) is 3.87. The van der Waals surface area contributed by atoms with Gasteiger partial charge in [0.1, 0.15) is 5.82 Å². The van der Waals surface area contributed by atoms with Crippen molar-refractivity contribution in [2.45, 2.75) is 32.4 Å². The number of benzene rings is 1. The van der Waals surface area contributed by atoms with Gasteiger partial charge in [-0.2, -0.15) is 0 Å². The van der Waals surface area contributed by atoms with Gasteiger partial charge in [-0.1, -0.05) is 12.1 Å². The van der Waals surface area contributed by atoms with Gasteiger partial charge in [-0.05, 0) is 25.0 Å². The molecule has 1 heterocycles. The number of hydrogen-bond acceptors (Lipinski definition) is 2. The van der Waals surface area contributed by atoms with Crippen molar-refractivity contribution in [3.05, 3.63) is 30.1 Å². The lowest BCUT2D eigenvalue weighted by molar-refractivity contribution is -0.119. The van der Waals surface area contributed by atoms with Gasteiger partial charge < -0.3 is 9.88 Å². The number of nitrogens with zero attached hydrogens (tertiary/aromatic N) is 2. The molecule has 1 fully saturated rings. The molecule has 1 saturated carbocycles. The number of amides is 1. The van der Waals surface area contributed by atoms with Crippen LogP contribution < -0.4 is 5.32 Å². The summed E-state index contributed by atoms with van der Waals surface area (Å²) in [7, 11) is 0. The largest absolute Gasteiger partial charge is 0.349 e. The normalized spacial score (nSPS) is 15.1. The molecule has 88 valence electrons. The fourth-order valence-corrected chi connectivity index (χ4v) is 2.16. The maximum absolute atomic E-state index is 11.0. The Morgan fingerprint density at radius 3 is 2.94 bits per heavy atom. The summed E-state index contributed by atoms with van der Waals surface area (Å²) < 4.78 is 2.27. The highest BCUT2D eigenvalue weighted by molar-refractivity contribution is 5.77. The standard InChI is InChI=1S/C13H15N3O/c1-9(17)14-8-13-15-11-4-2-3-5-12(11)16(13)10-6-7-10/h2-5,10H,6-8H2,1H3,(H,14,17). The first kappa shape index (κ1) is 10.3. The highest BCUT2D eigenvalue weighted by Crippen LogP contribution is 2.38. The van der Waals surface area contributed by atoms with Crippen LogP contribution in [0, 0.1) is 0 Å². The molecular formula is C13H15N3O. The third kappa shape index (κ3) is 1.90. The number of fused-ring (bicyclic) bond motifs is 1. The summed E-state index contributed by atoms with van der Waals surface area (Å²) in [5.74, 6) is 0.948. The summed E-state index contributed by atoms with van der Waals surface area (Å²) in [6, 6.07) is 8.72. The third-order valence-corrected chi connectivity index (χ3v) is 3.08. The van der Waals surface area contributed by atoms with Crippen molar-refractivity contribution in [3.63, 3.8) is 0 Å². The number of para-hydroxylation sites is 2. The lowest BCUT2D eigenvalue weighted by atomic mass is 10.3. The van der Waals surface area contributed by atoms with E-state index >= 15 is 0 Å². The molecule has 0 atom stereocenters. The Hall–Kier alpha value is -1.84. The third-order valence-electron chi connectivity index (χ3n) is 3.08. The molecule has 0 bridgehead atoms. The van der Waals surface area contributed by atoms with Gasteiger partial charge in [0.05, 0.1) is 17.6 Å². The molecule has 3 rings (SSSR count). The van der Waals surface area contributed by atoms with Crippen molar-refractivity contribution in [3.8, 4) is 0 Å². The summed E-state index contributed by atoms with van der Waals surface area (Å²) in [5, 5.41) is 2.82. The minimum atomic E-state index is -0.0144. The predicted molar refractivity (Wildman–Crippen MR) is 65.5 cm³/mol.